The van der Waals surface area contributed by atoms with Gasteiger partial charge in [-0.1, -0.05) is 112 Å². The summed E-state index contributed by atoms with van der Waals surface area (Å²) in [5.74, 6) is 0. The Hall–Kier alpha value is -1.74. The largest absolute Gasteiger partial charge is 0.243 e. The molecule has 0 bridgehead atoms. The van der Waals surface area contributed by atoms with Crippen LogP contribution in [0.3, 0.4) is 0 Å². The van der Waals surface area contributed by atoms with Crippen molar-refractivity contribution in [1.82, 2.24) is 8.61 Å². The van der Waals surface area contributed by atoms with Crippen molar-refractivity contribution in [2.45, 2.75) is 126 Å². The summed E-state index contributed by atoms with van der Waals surface area (Å²) in [5, 5.41) is 0. The van der Waals surface area contributed by atoms with Crippen LogP contribution in [0.15, 0.2) is 58.3 Å². The Morgan fingerprint density at radius 3 is 0.833 bits per heavy atom. The van der Waals surface area contributed by atoms with E-state index >= 15 is 0 Å². The highest BCUT2D eigenvalue weighted by Crippen LogP contribution is 2.21. The van der Waals surface area contributed by atoms with E-state index in [0.717, 1.165) is 114 Å². The van der Waals surface area contributed by atoms with Crippen molar-refractivity contribution in [2.75, 3.05) is 26.2 Å². The van der Waals surface area contributed by atoms with Crippen LogP contribution in [0.5, 0.6) is 0 Å². The molecule has 2 aromatic rings. The van der Waals surface area contributed by atoms with Crippen LogP contribution in [0.4, 0.5) is 0 Å². The molecule has 6 nitrogen and oxygen atoms in total. The first kappa shape index (κ1) is 34.7. The van der Waals surface area contributed by atoms with Gasteiger partial charge in [-0.2, -0.15) is 8.61 Å². The first-order chi connectivity index (χ1) is 20.2. The van der Waals surface area contributed by atoms with Crippen LogP contribution in [0.1, 0.15) is 114 Å². The number of rotatable bonds is 4. The fraction of sp³-hybridized carbons (Fsp3) is 0.647. The molecule has 1 heterocycles. The van der Waals surface area contributed by atoms with Crippen LogP contribution in [-0.4, -0.2) is 51.6 Å². The van der Waals surface area contributed by atoms with Gasteiger partial charge in [0, 0.05) is 26.2 Å². The molecule has 1 aliphatic heterocycles. The Balaban J connectivity index is 1.54. The number of hydrogen-bond donors (Lipinski definition) is 0. The third-order valence-corrected chi connectivity index (χ3v) is 12.3. The molecule has 1 aliphatic rings. The maximum absolute atomic E-state index is 13.4. The Kier molecular flexibility index (Phi) is 15.0. The van der Waals surface area contributed by atoms with Crippen molar-refractivity contribution in [2.24, 2.45) is 0 Å². The van der Waals surface area contributed by atoms with Crippen LogP contribution < -0.4 is 0 Å². The first-order valence-corrected chi connectivity index (χ1v) is 19.2. The molecule has 42 heavy (non-hydrogen) atoms. The number of aryl methyl sites for hydroxylation is 2. The lowest BCUT2D eigenvalue weighted by molar-refractivity contribution is 0.375. The molecule has 2 aromatic carbocycles. The quantitative estimate of drug-likeness (QED) is 0.346. The number of nitrogens with zero attached hydrogens (tertiary/aromatic N) is 2. The zero-order valence-corrected chi connectivity index (χ0v) is 27.7. The Bertz CT molecular complexity index is 1120. The second-order valence-electron chi connectivity index (χ2n) is 12.1. The summed E-state index contributed by atoms with van der Waals surface area (Å²) in [7, 11) is -6.94. The van der Waals surface area contributed by atoms with Crippen molar-refractivity contribution < 1.29 is 16.8 Å². The summed E-state index contributed by atoms with van der Waals surface area (Å²) in [5.41, 5.74) is 2.13. The number of benzene rings is 2. The van der Waals surface area contributed by atoms with Gasteiger partial charge in [0.2, 0.25) is 20.0 Å². The molecule has 236 valence electrons. The fourth-order valence-corrected chi connectivity index (χ4v) is 8.73. The van der Waals surface area contributed by atoms with Gasteiger partial charge in [0.15, 0.2) is 0 Å². The first-order valence-electron chi connectivity index (χ1n) is 16.3. The molecular weight excluding hydrogens is 565 g/mol. The minimum absolute atomic E-state index is 0.403. The highest BCUT2D eigenvalue weighted by atomic mass is 32.2. The highest BCUT2D eigenvalue weighted by Gasteiger charge is 2.25. The van der Waals surface area contributed by atoms with Crippen LogP contribution >= 0.6 is 0 Å². The molecule has 1 saturated heterocycles. The SMILES string of the molecule is Cc1ccc(S(=O)(=O)N2CCCCCCCCCCN(S(=O)(=O)c3ccc(C)cc3)CCCCCCCCCC2)cc1. The summed E-state index contributed by atoms with van der Waals surface area (Å²) in [6.45, 7) is 6.30. The summed E-state index contributed by atoms with van der Waals surface area (Å²) >= 11 is 0. The van der Waals surface area contributed by atoms with Crippen LogP contribution in [-0.2, 0) is 20.0 Å². The average Bonchev–Trinajstić information content (AvgIpc) is 2.96. The number of sulfonamides is 2. The molecule has 0 unspecified atom stereocenters. The Labute approximate surface area is 257 Å². The molecule has 8 heteroatoms. The van der Waals surface area contributed by atoms with Crippen molar-refractivity contribution in [3.8, 4) is 0 Å². The molecular formula is C34H54N2O4S2. The molecule has 1 fully saturated rings. The molecule has 0 spiro atoms. The van der Waals surface area contributed by atoms with E-state index < -0.39 is 20.0 Å². The maximum Gasteiger partial charge on any atom is 0.243 e. The second kappa shape index (κ2) is 18.2. The van der Waals surface area contributed by atoms with Gasteiger partial charge in [0.1, 0.15) is 0 Å². The van der Waals surface area contributed by atoms with Gasteiger partial charge in [-0.05, 0) is 63.8 Å². The smallest absolute Gasteiger partial charge is 0.207 e. The second-order valence-corrected chi connectivity index (χ2v) is 16.0. The summed E-state index contributed by atoms with van der Waals surface area (Å²) in [6.07, 6.45) is 16.6. The van der Waals surface area contributed by atoms with Gasteiger partial charge < -0.3 is 0 Å². The zero-order chi connectivity index (χ0) is 30.3. The lowest BCUT2D eigenvalue weighted by Gasteiger charge is -2.23. The normalized spacial score (nSPS) is 19.9. The minimum atomic E-state index is -3.47. The molecule has 0 N–H and O–H groups in total. The molecule has 0 amide bonds. The van der Waals surface area contributed by atoms with Gasteiger partial charge in [0.05, 0.1) is 9.79 Å². The van der Waals surface area contributed by atoms with E-state index in [2.05, 4.69) is 0 Å². The van der Waals surface area contributed by atoms with Crippen molar-refractivity contribution >= 4 is 20.0 Å². The summed E-state index contributed by atoms with van der Waals surface area (Å²) in [4.78, 5) is 0.805. The molecule has 0 atom stereocenters. The van der Waals surface area contributed by atoms with Gasteiger partial charge in [-0.25, -0.2) is 16.8 Å². The van der Waals surface area contributed by atoms with E-state index in [-0.39, 0.29) is 0 Å². The van der Waals surface area contributed by atoms with Crippen molar-refractivity contribution in [3.05, 3.63) is 59.7 Å². The van der Waals surface area contributed by atoms with E-state index in [0.29, 0.717) is 36.0 Å². The minimum Gasteiger partial charge on any atom is -0.207 e. The van der Waals surface area contributed by atoms with Crippen molar-refractivity contribution in [1.29, 1.82) is 0 Å². The summed E-state index contributed by atoms with van der Waals surface area (Å²) < 4.78 is 57.1. The Morgan fingerprint density at radius 2 is 0.595 bits per heavy atom. The third kappa shape index (κ3) is 11.4. The number of hydrogen-bond acceptors (Lipinski definition) is 4. The van der Waals surface area contributed by atoms with Crippen LogP contribution in [0.2, 0.25) is 0 Å². The van der Waals surface area contributed by atoms with E-state index in [1.165, 1.54) is 0 Å². The molecule has 0 radical (unpaired) electrons. The third-order valence-electron chi connectivity index (χ3n) is 8.45. The maximum atomic E-state index is 13.4. The summed E-state index contributed by atoms with van der Waals surface area (Å²) in [6, 6.07) is 14.5. The lowest BCUT2D eigenvalue weighted by Crippen LogP contribution is -2.33. The van der Waals surface area contributed by atoms with Gasteiger partial charge >= 0.3 is 0 Å². The fourth-order valence-electron chi connectivity index (χ4n) is 5.70. The van der Waals surface area contributed by atoms with Gasteiger partial charge in [-0.15, -0.1) is 0 Å². The van der Waals surface area contributed by atoms with Crippen LogP contribution in [0.25, 0.3) is 0 Å². The predicted octanol–water partition coefficient (Wildman–Crippen LogP) is 8.24. The predicted molar refractivity (Wildman–Crippen MR) is 174 cm³/mol. The highest BCUT2D eigenvalue weighted by molar-refractivity contribution is 7.89. The molecule has 0 aliphatic carbocycles. The van der Waals surface area contributed by atoms with Gasteiger partial charge in [-0.3, -0.25) is 0 Å². The standard InChI is InChI=1S/C34H54N2O4S2/c1-31-19-23-33(24-20-31)41(37,38)35-27-15-11-7-3-5-9-13-17-29-36(30-18-14-10-6-4-8-12-16-28-35)42(39,40)34-25-21-32(2)22-26-34/h19-26H,3-18,27-30H2,1-2H3. The molecule has 3 rings (SSSR count). The lowest BCUT2D eigenvalue weighted by atomic mass is 10.1. The zero-order valence-electron chi connectivity index (χ0n) is 26.1. The van der Waals surface area contributed by atoms with Crippen molar-refractivity contribution in [3.63, 3.8) is 0 Å². The van der Waals surface area contributed by atoms with E-state index in [4.69, 9.17) is 0 Å². The topological polar surface area (TPSA) is 74.8 Å². The van der Waals surface area contributed by atoms with Crippen LogP contribution in [0, 0.1) is 13.8 Å². The van der Waals surface area contributed by atoms with E-state index in [1.54, 1.807) is 32.9 Å². The Morgan fingerprint density at radius 1 is 0.381 bits per heavy atom. The monoisotopic (exact) mass is 618 g/mol. The van der Waals surface area contributed by atoms with E-state index in [1.807, 2.05) is 38.1 Å². The molecule has 0 saturated carbocycles. The van der Waals surface area contributed by atoms with E-state index in [9.17, 15) is 16.8 Å². The molecule has 0 aromatic heterocycles. The average molecular weight is 619 g/mol. The van der Waals surface area contributed by atoms with Gasteiger partial charge in [0.25, 0.3) is 0 Å².